The van der Waals surface area contributed by atoms with Crippen LogP contribution < -0.4 is 9.46 Å². The average Bonchev–Trinajstić information content (AvgIpc) is 3.55. The molecule has 192 valence electrons. The first-order valence-electron chi connectivity index (χ1n) is 11.4. The lowest BCUT2D eigenvalue weighted by molar-refractivity contribution is 0.00706. The Morgan fingerprint density at radius 1 is 1.14 bits per heavy atom. The number of pyridine rings is 1. The van der Waals surface area contributed by atoms with Gasteiger partial charge >= 0.3 is 0 Å². The highest BCUT2D eigenvalue weighted by Crippen LogP contribution is 2.32. The molecule has 0 bridgehead atoms. The Hall–Kier alpha value is -3.29. The van der Waals surface area contributed by atoms with Crippen molar-refractivity contribution >= 4 is 44.0 Å². The number of hydrogen-bond acceptors (Lipinski definition) is 9. The van der Waals surface area contributed by atoms with E-state index >= 15 is 0 Å². The third kappa shape index (κ3) is 4.86. The van der Waals surface area contributed by atoms with E-state index in [2.05, 4.69) is 35.5 Å². The standard InChI is InChI=1S/C24H23ClN6O5S/c1-37(2,33)31-14-8-26-22(27-9-14)13-5-3-12(4-6-13)19-15(25)7-16-23(29-19)30-24(28-16)36-18-11-35-20-17(32)10-34-21(18)20/h3-9,17-18,20-21,32H,1,10-11H2,2H3,(H,31,33)(H,28,29,30). The van der Waals surface area contributed by atoms with Crippen molar-refractivity contribution in [2.24, 2.45) is 0 Å². The second kappa shape index (κ2) is 9.23. The predicted molar refractivity (Wildman–Crippen MR) is 140 cm³/mol. The van der Waals surface area contributed by atoms with Crippen molar-refractivity contribution in [1.82, 2.24) is 24.9 Å². The smallest absolute Gasteiger partial charge is 0.296 e. The third-order valence-electron chi connectivity index (χ3n) is 6.05. The second-order valence-corrected chi connectivity index (χ2v) is 11.7. The number of nitrogens with zero attached hydrogens (tertiary/aromatic N) is 4. The van der Waals surface area contributed by atoms with Crippen LogP contribution in [0.25, 0.3) is 33.8 Å². The maximum absolute atomic E-state index is 11.8. The van der Waals surface area contributed by atoms with Gasteiger partial charge in [0.2, 0.25) is 0 Å². The van der Waals surface area contributed by atoms with Crippen molar-refractivity contribution in [3.63, 3.8) is 0 Å². The molecule has 5 unspecified atom stereocenters. The molecule has 0 aliphatic carbocycles. The van der Waals surface area contributed by atoms with Crippen molar-refractivity contribution in [1.29, 1.82) is 0 Å². The van der Waals surface area contributed by atoms with E-state index < -0.39 is 15.8 Å². The fraction of sp³-hybridized carbons (Fsp3) is 0.292. The summed E-state index contributed by atoms with van der Waals surface area (Å²) in [6.45, 7) is 0.522. The van der Waals surface area contributed by atoms with Gasteiger partial charge in [-0.15, -0.1) is 0 Å². The summed E-state index contributed by atoms with van der Waals surface area (Å²) < 4.78 is 31.7. The molecule has 0 amide bonds. The zero-order valence-electron chi connectivity index (χ0n) is 19.6. The van der Waals surface area contributed by atoms with Gasteiger partial charge in [-0.05, 0) is 11.9 Å². The normalized spacial score (nSPS) is 24.6. The molecule has 0 saturated carbocycles. The van der Waals surface area contributed by atoms with Gasteiger partial charge in [0.1, 0.15) is 18.3 Å². The average molecular weight is 543 g/mol. The fourth-order valence-corrected chi connectivity index (χ4v) is 5.26. The zero-order valence-corrected chi connectivity index (χ0v) is 21.2. The molecule has 2 aliphatic rings. The number of anilines is 1. The topological polar surface area (TPSA) is 144 Å². The fourth-order valence-electron chi connectivity index (χ4n) is 4.40. The summed E-state index contributed by atoms with van der Waals surface area (Å²) in [4.78, 5) is 20.9. The number of imidazole rings is 1. The molecular weight excluding hydrogens is 520 g/mol. The highest BCUT2D eigenvalue weighted by atomic mass is 35.5. The molecule has 2 saturated heterocycles. The van der Waals surface area contributed by atoms with Crippen LogP contribution in [-0.4, -0.2) is 84.0 Å². The number of benzene rings is 1. The number of halogens is 1. The number of aromatic amines is 1. The molecule has 13 heteroatoms. The summed E-state index contributed by atoms with van der Waals surface area (Å²) in [5, 5.41) is 10.4. The SMILES string of the molecule is C=S(C)(=O)Nc1cnc(-c2ccc(-c3nc4nc(OC5COC6C(O)COC56)[nH]c4cc3Cl)cc2)nc1. The van der Waals surface area contributed by atoms with Gasteiger partial charge in [-0.3, -0.25) is 0 Å². The van der Waals surface area contributed by atoms with E-state index in [0.29, 0.717) is 40.0 Å². The second-order valence-electron chi connectivity index (χ2n) is 9.03. The maximum atomic E-state index is 11.8. The molecule has 4 aromatic rings. The van der Waals surface area contributed by atoms with Gasteiger partial charge in [-0.2, -0.15) is 4.98 Å². The summed E-state index contributed by atoms with van der Waals surface area (Å²) in [7, 11) is -2.41. The van der Waals surface area contributed by atoms with Crippen LogP contribution in [0.2, 0.25) is 5.02 Å². The lowest BCUT2D eigenvalue weighted by atomic mass is 10.1. The van der Waals surface area contributed by atoms with Crippen LogP contribution in [0.5, 0.6) is 6.01 Å². The molecule has 0 spiro atoms. The van der Waals surface area contributed by atoms with Crippen LogP contribution in [0.4, 0.5) is 5.69 Å². The van der Waals surface area contributed by atoms with Crippen molar-refractivity contribution in [3.8, 4) is 28.7 Å². The quantitative estimate of drug-likeness (QED) is 0.312. The molecule has 2 fully saturated rings. The molecule has 1 aromatic carbocycles. The van der Waals surface area contributed by atoms with Crippen molar-refractivity contribution in [3.05, 3.63) is 47.7 Å². The van der Waals surface area contributed by atoms with E-state index in [1.165, 1.54) is 6.26 Å². The summed E-state index contributed by atoms with van der Waals surface area (Å²) in [5.41, 5.74) is 3.77. The minimum atomic E-state index is -2.41. The Morgan fingerprint density at radius 3 is 2.57 bits per heavy atom. The molecule has 0 radical (unpaired) electrons. The Balaban J connectivity index is 1.21. The van der Waals surface area contributed by atoms with Crippen LogP contribution >= 0.6 is 11.6 Å². The number of aromatic nitrogens is 5. The number of aliphatic hydroxyl groups excluding tert-OH is 1. The molecule has 3 N–H and O–H groups in total. The molecule has 5 atom stereocenters. The van der Waals surface area contributed by atoms with Gasteiger partial charge in [0, 0.05) is 27.1 Å². The van der Waals surface area contributed by atoms with Gasteiger partial charge in [-0.25, -0.2) is 19.2 Å². The van der Waals surface area contributed by atoms with Gasteiger partial charge in [0.15, 0.2) is 17.6 Å². The number of fused-ring (bicyclic) bond motifs is 2. The highest BCUT2D eigenvalue weighted by molar-refractivity contribution is 8.00. The molecule has 2 aliphatic heterocycles. The monoisotopic (exact) mass is 542 g/mol. The Bertz CT molecular complexity index is 1560. The van der Waals surface area contributed by atoms with Crippen LogP contribution in [0, 0.1) is 0 Å². The number of ether oxygens (including phenoxy) is 3. The molecule has 3 aromatic heterocycles. The van der Waals surface area contributed by atoms with E-state index in [1.807, 2.05) is 24.3 Å². The first-order chi connectivity index (χ1) is 17.7. The lowest BCUT2D eigenvalue weighted by Crippen LogP contribution is -2.34. The number of H-pyrrole nitrogens is 1. The first kappa shape index (κ1) is 24.1. The summed E-state index contributed by atoms with van der Waals surface area (Å²) in [5.74, 6) is 4.08. The molecular formula is C24H23ClN6O5S. The summed E-state index contributed by atoms with van der Waals surface area (Å²) in [6.07, 6.45) is 2.85. The Kier molecular flexibility index (Phi) is 6.00. The number of aliphatic hydroxyl groups is 1. The third-order valence-corrected chi connectivity index (χ3v) is 7.01. The van der Waals surface area contributed by atoms with Gasteiger partial charge < -0.3 is 29.0 Å². The first-order valence-corrected chi connectivity index (χ1v) is 13.9. The highest BCUT2D eigenvalue weighted by Gasteiger charge is 2.48. The van der Waals surface area contributed by atoms with Crippen molar-refractivity contribution in [2.75, 3.05) is 24.2 Å². The molecule has 5 heterocycles. The molecule has 6 rings (SSSR count). The zero-order chi connectivity index (χ0) is 25.7. The minimum absolute atomic E-state index is 0.224. The largest absolute Gasteiger partial charge is 0.456 e. The van der Waals surface area contributed by atoms with Gasteiger partial charge in [0.05, 0.1) is 47.5 Å². The Morgan fingerprint density at radius 2 is 1.84 bits per heavy atom. The number of nitrogens with one attached hydrogen (secondary N) is 2. The predicted octanol–water partition coefficient (Wildman–Crippen LogP) is 2.31. The number of hydrogen-bond donors (Lipinski definition) is 3. The van der Waals surface area contributed by atoms with Crippen molar-refractivity contribution in [2.45, 2.75) is 24.4 Å². The molecule has 11 nitrogen and oxygen atoms in total. The lowest BCUT2D eigenvalue weighted by Gasteiger charge is -2.15. The van der Waals surface area contributed by atoms with Gasteiger partial charge in [0.25, 0.3) is 6.01 Å². The van der Waals surface area contributed by atoms with E-state index in [0.717, 1.165) is 11.1 Å². The van der Waals surface area contributed by atoms with E-state index in [-0.39, 0.29) is 30.9 Å². The van der Waals surface area contributed by atoms with Crippen LogP contribution in [0.15, 0.2) is 42.7 Å². The van der Waals surface area contributed by atoms with Crippen LogP contribution in [0.3, 0.4) is 0 Å². The Labute approximate surface area is 217 Å². The van der Waals surface area contributed by atoms with Crippen molar-refractivity contribution < 1.29 is 23.5 Å². The van der Waals surface area contributed by atoms with E-state index in [1.54, 1.807) is 18.5 Å². The van der Waals surface area contributed by atoms with Crippen LogP contribution in [0.1, 0.15) is 0 Å². The minimum Gasteiger partial charge on any atom is -0.456 e. The summed E-state index contributed by atoms with van der Waals surface area (Å²) in [6, 6.07) is 9.52. The van der Waals surface area contributed by atoms with Gasteiger partial charge in [-0.1, -0.05) is 35.9 Å². The number of rotatable bonds is 6. The maximum Gasteiger partial charge on any atom is 0.296 e. The van der Waals surface area contributed by atoms with E-state index in [9.17, 15) is 9.32 Å². The van der Waals surface area contributed by atoms with Crippen LogP contribution in [-0.2, 0) is 19.2 Å². The molecule has 37 heavy (non-hydrogen) atoms. The summed E-state index contributed by atoms with van der Waals surface area (Å²) >= 11 is 6.55. The van der Waals surface area contributed by atoms with E-state index in [4.69, 9.17) is 25.8 Å².